The van der Waals surface area contributed by atoms with E-state index in [0.717, 1.165) is 0 Å². The summed E-state index contributed by atoms with van der Waals surface area (Å²) in [5.41, 5.74) is 9.98. The number of benzene rings is 10. The summed E-state index contributed by atoms with van der Waals surface area (Å²) in [7, 11) is 0. The van der Waals surface area contributed by atoms with Crippen LogP contribution in [0.5, 0.6) is 0 Å². The van der Waals surface area contributed by atoms with Crippen molar-refractivity contribution < 1.29 is 0 Å². The summed E-state index contributed by atoms with van der Waals surface area (Å²) in [6.45, 7) is 0. The van der Waals surface area contributed by atoms with E-state index in [-0.39, 0.29) is 0 Å². The Morgan fingerprint density at radius 1 is 0.245 bits per heavy atom. The van der Waals surface area contributed by atoms with Gasteiger partial charge in [0.2, 0.25) is 0 Å². The molecule has 0 unspecified atom stereocenters. The van der Waals surface area contributed by atoms with Gasteiger partial charge in [-0.25, -0.2) is 0 Å². The Kier molecular flexibility index (Phi) is 6.83. The molecule has 1 heterocycles. The minimum Gasteiger partial charge on any atom is -0.135 e. The highest BCUT2D eigenvalue weighted by Crippen LogP contribution is 2.45. The minimum atomic E-state index is 1.23. The number of thiophene rings is 1. The van der Waals surface area contributed by atoms with Crippen molar-refractivity contribution in [1.29, 1.82) is 0 Å². The Bertz CT molecular complexity index is 3170. The molecule has 1 heteroatoms. The maximum Gasteiger partial charge on any atom is 0.0361 e. The van der Waals surface area contributed by atoms with Crippen LogP contribution < -0.4 is 0 Å². The molecule has 0 bridgehead atoms. The maximum atomic E-state index is 2.39. The van der Waals surface area contributed by atoms with Crippen molar-refractivity contribution in [2.45, 2.75) is 0 Å². The Morgan fingerprint density at radius 2 is 0.717 bits per heavy atom. The van der Waals surface area contributed by atoms with Crippen LogP contribution in [0.2, 0.25) is 0 Å². The van der Waals surface area contributed by atoms with Crippen LogP contribution in [0.4, 0.5) is 0 Å². The third-order valence-corrected chi connectivity index (χ3v) is 12.1. The molecule has 0 aliphatic carbocycles. The molecule has 0 N–H and O–H groups in total. The van der Waals surface area contributed by atoms with E-state index in [4.69, 9.17) is 0 Å². The number of fused-ring (bicyclic) bond motifs is 7. The molecule has 0 saturated carbocycles. The van der Waals surface area contributed by atoms with Crippen LogP contribution in [-0.2, 0) is 0 Å². The van der Waals surface area contributed by atoms with Gasteiger partial charge < -0.3 is 0 Å². The molecule has 0 fully saturated rings. The first-order chi connectivity index (χ1) is 26.3. The summed E-state index contributed by atoms with van der Waals surface area (Å²) in [5, 5.41) is 12.8. The third-order valence-electron chi connectivity index (χ3n) is 11.0. The largest absolute Gasteiger partial charge is 0.135 e. The summed E-state index contributed by atoms with van der Waals surface area (Å²) >= 11 is 1.89. The topological polar surface area (TPSA) is 0 Å². The van der Waals surface area contributed by atoms with Crippen molar-refractivity contribution in [3.63, 3.8) is 0 Å². The average Bonchev–Trinajstić information content (AvgIpc) is 3.58. The molecule has 11 aromatic rings. The Balaban J connectivity index is 1.08. The van der Waals surface area contributed by atoms with Crippen LogP contribution in [0.15, 0.2) is 194 Å². The van der Waals surface area contributed by atoms with E-state index < -0.39 is 0 Å². The normalized spacial score (nSPS) is 11.8. The SMILES string of the molecule is c1cc(-c2ccc3c(c2)sc2cc4ccccc4cc23)cc(-c2c3ccccc3c(-c3cccc(-c4cccc5ccccc45)c3)c3ccccc23)c1. The van der Waals surface area contributed by atoms with E-state index in [9.17, 15) is 0 Å². The van der Waals surface area contributed by atoms with E-state index in [1.54, 1.807) is 0 Å². The Labute approximate surface area is 311 Å². The van der Waals surface area contributed by atoms with Crippen molar-refractivity contribution in [3.05, 3.63) is 194 Å². The van der Waals surface area contributed by atoms with Crippen LogP contribution in [0.3, 0.4) is 0 Å². The number of hydrogen-bond acceptors (Lipinski definition) is 1. The first-order valence-corrected chi connectivity index (χ1v) is 19.1. The molecule has 1 aromatic heterocycles. The molecule has 0 aliphatic rings. The smallest absolute Gasteiger partial charge is 0.0361 e. The fourth-order valence-electron chi connectivity index (χ4n) is 8.57. The zero-order valence-corrected chi connectivity index (χ0v) is 29.7. The highest BCUT2D eigenvalue weighted by Gasteiger charge is 2.18. The molecule has 0 spiro atoms. The first-order valence-electron chi connectivity index (χ1n) is 18.2. The molecule has 0 atom stereocenters. The highest BCUT2D eigenvalue weighted by atomic mass is 32.1. The summed E-state index contributed by atoms with van der Waals surface area (Å²) in [4.78, 5) is 0. The van der Waals surface area contributed by atoms with Gasteiger partial charge in [-0.05, 0) is 118 Å². The van der Waals surface area contributed by atoms with Crippen LogP contribution in [-0.4, -0.2) is 0 Å². The molecule has 0 radical (unpaired) electrons. The van der Waals surface area contributed by atoms with E-state index in [1.807, 2.05) is 11.3 Å². The lowest BCUT2D eigenvalue weighted by atomic mass is 9.85. The monoisotopic (exact) mass is 688 g/mol. The molecule has 53 heavy (non-hydrogen) atoms. The van der Waals surface area contributed by atoms with Gasteiger partial charge in [-0.15, -0.1) is 11.3 Å². The second-order valence-electron chi connectivity index (χ2n) is 14.0. The fourth-order valence-corrected chi connectivity index (χ4v) is 9.74. The van der Waals surface area contributed by atoms with Crippen molar-refractivity contribution in [1.82, 2.24) is 0 Å². The second kappa shape index (κ2) is 12.0. The van der Waals surface area contributed by atoms with Gasteiger partial charge in [0.05, 0.1) is 0 Å². The third kappa shape index (κ3) is 4.89. The Hall–Kier alpha value is -6.54. The van der Waals surface area contributed by atoms with Crippen LogP contribution >= 0.6 is 11.3 Å². The summed E-state index contributed by atoms with van der Waals surface area (Å²) in [5.74, 6) is 0. The molecular weight excluding hydrogens is 657 g/mol. The zero-order chi connectivity index (χ0) is 34.9. The van der Waals surface area contributed by atoms with Crippen LogP contribution in [0, 0.1) is 0 Å². The summed E-state index contributed by atoms with van der Waals surface area (Å²) in [6.07, 6.45) is 0. The maximum absolute atomic E-state index is 2.39. The van der Waals surface area contributed by atoms with E-state index in [0.29, 0.717) is 0 Å². The van der Waals surface area contributed by atoms with Crippen molar-refractivity contribution in [2.24, 2.45) is 0 Å². The van der Waals surface area contributed by atoms with Gasteiger partial charge in [0.25, 0.3) is 0 Å². The first kappa shape index (κ1) is 30.1. The molecule has 0 aliphatic heterocycles. The van der Waals surface area contributed by atoms with E-state index >= 15 is 0 Å². The standard InChI is InChI=1S/C52H32S/c1-2-14-36-31-50-48(30-35(36)13-1)43-27-26-37(32-49(43)53-50)34-16-9-18-39(28-34)51-44-21-5-7-23-46(44)52(47-24-8-6-22-45(47)51)40-19-10-17-38(29-40)42-25-11-15-33-12-3-4-20-41(33)42/h1-32H. The lowest BCUT2D eigenvalue weighted by molar-refractivity contribution is 1.62. The van der Waals surface area contributed by atoms with Crippen molar-refractivity contribution in [2.75, 3.05) is 0 Å². The summed E-state index contributed by atoms with van der Waals surface area (Å²) in [6, 6.07) is 71.8. The molecule has 11 rings (SSSR count). The number of hydrogen-bond donors (Lipinski definition) is 0. The lowest BCUT2D eigenvalue weighted by Crippen LogP contribution is -1.91. The highest BCUT2D eigenvalue weighted by molar-refractivity contribution is 7.25. The predicted octanol–water partition coefficient (Wildman–Crippen LogP) is 15.3. The molecule has 0 nitrogen and oxygen atoms in total. The molecule has 10 aromatic carbocycles. The molecular formula is C52H32S. The van der Waals surface area contributed by atoms with Crippen molar-refractivity contribution >= 4 is 74.6 Å². The van der Waals surface area contributed by atoms with Gasteiger partial charge in [0.15, 0.2) is 0 Å². The van der Waals surface area contributed by atoms with Gasteiger partial charge in [-0.3, -0.25) is 0 Å². The zero-order valence-electron chi connectivity index (χ0n) is 28.9. The fraction of sp³-hybridized carbons (Fsp3) is 0. The van der Waals surface area contributed by atoms with Crippen molar-refractivity contribution in [3.8, 4) is 44.5 Å². The molecule has 0 saturated heterocycles. The quantitative estimate of drug-likeness (QED) is 0.162. The minimum absolute atomic E-state index is 1.23. The second-order valence-corrected chi connectivity index (χ2v) is 15.1. The molecule has 0 amide bonds. The van der Waals surface area contributed by atoms with Gasteiger partial charge in [-0.1, -0.05) is 164 Å². The van der Waals surface area contributed by atoms with E-state index in [1.165, 1.54) is 108 Å². The van der Waals surface area contributed by atoms with Crippen LogP contribution in [0.25, 0.3) is 108 Å². The Morgan fingerprint density at radius 3 is 1.40 bits per heavy atom. The van der Waals surface area contributed by atoms with Gasteiger partial charge in [0, 0.05) is 20.2 Å². The summed E-state index contributed by atoms with van der Waals surface area (Å²) < 4.78 is 2.66. The van der Waals surface area contributed by atoms with Gasteiger partial charge >= 0.3 is 0 Å². The number of rotatable bonds is 4. The predicted molar refractivity (Wildman–Crippen MR) is 231 cm³/mol. The average molecular weight is 689 g/mol. The van der Waals surface area contributed by atoms with Gasteiger partial charge in [-0.2, -0.15) is 0 Å². The lowest BCUT2D eigenvalue weighted by Gasteiger charge is -2.19. The van der Waals surface area contributed by atoms with E-state index in [2.05, 4.69) is 194 Å². The molecule has 246 valence electrons. The van der Waals surface area contributed by atoms with Gasteiger partial charge in [0.1, 0.15) is 0 Å². The van der Waals surface area contributed by atoms with Crippen LogP contribution in [0.1, 0.15) is 0 Å².